The number of fused-ring (bicyclic) bond motifs is 2. The van der Waals surface area contributed by atoms with Gasteiger partial charge in [-0.2, -0.15) is 0 Å². The summed E-state index contributed by atoms with van der Waals surface area (Å²) in [6, 6.07) is 26.5. The first kappa shape index (κ1) is 28.0. The maximum Gasteiger partial charge on any atom is 0.270 e. The number of nitriles is 1. The molecule has 0 amide bonds. The fourth-order valence-electron chi connectivity index (χ4n) is 8.67. The van der Waals surface area contributed by atoms with Crippen molar-refractivity contribution in [2.45, 2.75) is 12.8 Å². The predicted molar refractivity (Wildman–Crippen MR) is 196 cm³/mol. The Morgan fingerprint density at radius 2 is 1.31 bits per heavy atom. The van der Waals surface area contributed by atoms with Crippen LogP contribution < -0.4 is 31.5 Å². The number of nitrogens with zero attached hydrogens (tertiary/aromatic N) is 4. The van der Waals surface area contributed by atoms with Crippen LogP contribution in [0.3, 0.4) is 0 Å². The Balaban J connectivity index is 1.57. The predicted octanol–water partition coefficient (Wildman–Crippen LogP) is 5.96. The Bertz CT molecular complexity index is 2650. The Morgan fingerprint density at radius 1 is 0.792 bits per heavy atom. The van der Waals surface area contributed by atoms with Gasteiger partial charge in [0.25, 0.3) is 5.70 Å². The molecule has 2 heterocycles. The zero-order valence-corrected chi connectivity index (χ0v) is 26.6. The van der Waals surface area contributed by atoms with Crippen molar-refractivity contribution in [3.05, 3.63) is 129 Å². The molecule has 0 saturated heterocycles. The normalized spacial score (nSPS) is 16.1. The van der Waals surface area contributed by atoms with Crippen molar-refractivity contribution in [1.29, 1.82) is 5.26 Å². The molecule has 0 unspecified atom stereocenters. The van der Waals surface area contributed by atoms with Crippen LogP contribution in [0.2, 0.25) is 0 Å². The average Bonchev–Trinajstić information content (AvgIpc) is 3.09. The third-order valence-electron chi connectivity index (χ3n) is 10.5. The fraction of sp³-hybridized carbons (Fsp3) is 0.146. The van der Waals surface area contributed by atoms with Gasteiger partial charge >= 0.3 is 0 Å². The summed E-state index contributed by atoms with van der Waals surface area (Å²) in [6.07, 6.45) is 1.87. The molecule has 48 heavy (non-hydrogen) atoms. The minimum Gasteiger partial charge on any atom is -0.507 e. The molecule has 0 aromatic heterocycles. The van der Waals surface area contributed by atoms with Crippen LogP contribution in [0.1, 0.15) is 16.7 Å². The second-order valence-electron chi connectivity index (χ2n) is 13.1. The van der Waals surface area contributed by atoms with Gasteiger partial charge in [0.15, 0.2) is 0 Å². The topological polar surface area (TPSA) is 107 Å². The molecule has 9 rings (SSSR count). The maximum absolute atomic E-state index is 12.5. The Morgan fingerprint density at radius 3 is 1.81 bits per heavy atom. The summed E-state index contributed by atoms with van der Waals surface area (Å²) in [4.78, 5) is 5.80. The van der Waals surface area contributed by atoms with Crippen molar-refractivity contribution in [3.63, 3.8) is 0 Å². The first-order valence-corrected chi connectivity index (χ1v) is 16.1. The number of hydrogen-bond acceptors (Lipinski definition) is 5. The highest BCUT2D eigenvalue weighted by Crippen LogP contribution is 2.54. The van der Waals surface area contributed by atoms with Crippen LogP contribution in [0.15, 0.2) is 89.8 Å². The van der Waals surface area contributed by atoms with Crippen LogP contribution in [0.4, 0.5) is 17.1 Å². The van der Waals surface area contributed by atoms with Gasteiger partial charge in [0.1, 0.15) is 18.8 Å². The zero-order valence-electron chi connectivity index (χ0n) is 26.6. The third kappa shape index (κ3) is 3.43. The molecule has 0 saturated carbocycles. The Kier molecular flexibility index (Phi) is 5.73. The second-order valence-corrected chi connectivity index (χ2v) is 13.1. The summed E-state index contributed by atoms with van der Waals surface area (Å²) in [7, 11) is 3.97. The van der Waals surface area contributed by atoms with Gasteiger partial charge in [-0.25, -0.2) is 14.7 Å². The monoisotopic (exact) mass is 623 g/mol. The molecular formula is C41H31N6O+. The minimum atomic E-state index is -0.0849. The van der Waals surface area contributed by atoms with E-state index in [9.17, 15) is 10.4 Å². The first-order valence-electron chi connectivity index (χ1n) is 16.1. The van der Waals surface area contributed by atoms with E-state index in [4.69, 9.17) is 18.0 Å². The van der Waals surface area contributed by atoms with Gasteiger partial charge in [-0.05, 0) is 34.0 Å². The van der Waals surface area contributed by atoms with Crippen molar-refractivity contribution >= 4 is 71.3 Å². The smallest absolute Gasteiger partial charge is 0.270 e. The molecule has 0 fully saturated rings. The molecule has 0 spiro atoms. The van der Waals surface area contributed by atoms with Crippen LogP contribution in [0.5, 0.6) is 0 Å². The molecule has 0 bridgehead atoms. The molecule has 0 atom stereocenters. The number of anilines is 3. The molecule has 3 aliphatic rings. The van der Waals surface area contributed by atoms with Crippen molar-refractivity contribution in [3.8, 4) is 6.07 Å². The van der Waals surface area contributed by atoms with Gasteiger partial charge in [0.2, 0.25) is 5.36 Å². The number of aliphatic hydroxyl groups is 1. The SMILES string of the molecule is [C-]#[N+]C(C#N)=C1C(c2c3c(N)cccc3c(N(C)C)c3cccc(N)c23)=C(O)C1=c1c2cccc3c2c2c4c(cccc14)CC[N+]=2CC3. The van der Waals surface area contributed by atoms with Crippen LogP contribution in [0.25, 0.3) is 59.1 Å². The molecular weight excluding hydrogens is 592 g/mol. The lowest BCUT2D eigenvalue weighted by Crippen LogP contribution is -2.42. The highest BCUT2D eigenvalue weighted by Gasteiger charge is 2.39. The molecule has 5 N–H and O–H groups in total. The van der Waals surface area contributed by atoms with E-state index >= 15 is 0 Å². The number of nitrogen functional groups attached to an aromatic ring is 2. The summed E-state index contributed by atoms with van der Waals surface area (Å²) in [5.41, 5.74) is 20.0. The molecule has 230 valence electrons. The molecule has 2 aliphatic heterocycles. The minimum absolute atomic E-state index is 0.0326. The van der Waals surface area contributed by atoms with E-state index in [1.165, 1.54) is 27.3 Å². The van der Waals surface area contributed by atoms with Gasteiger partial charge in [-0.15, -0.1) is 0 Å². The molecule has 7 nitrogen and oxygen atoms in total. The van der Waals surface area contributed by atoms with Gasteiger partial charge in [0, 0.05) is 87.4 Å². The summed E-state index contributed by atoms with van der Waals surface area (Å²) < 4.78 is 2.49. The number of hydrogen-bond donors (Lipinski definition) is 3. The molecule has 6 aromatic carbocycles. The van der Waals surface area contributed by atoms with E-state index in [1.807, 2.05) is 55.4 Å². The Labute approximate surface area is 276 Å². The van der Waals surface area contributed by atoms with E-state index < -0.39 is 0 Å². The number of nitrogens with two attached hydrogens (primary N) is 2. The highest BCUT2D eigenvalue weighted by molar-refractivity contribution is 6.29. The standard InChI is InChI=1S/C41H30N6O/c1-45-29(20-42)35-37(32-23-10-4-8-21-16-18-47-19-17-22-9-5-11-24(32)31(22)40(47)30(21)23)41(48)38(35)36-33-25(12-6-14-27(33)43)39(46(2)3)26-13-7-15-28(44)34(26)36/h4-15H,16-19,43-44H2,2-3H3/p+1. The van der Waals surface area contributed by atoms with Crippen molar-refractivity contribution in [2.75, 3.05) is 43.6 Å². The average molecular weight is 624 g/mol. The summed E-state index contributed by atoms with van der Waals surface area (Å²) in [5, 5.41) is 32.7. The van der Waals surface area contributed by atoms with E-state index in [1.54, 1.807) is 0 Å². The zero-order chi connectivity index (χ0) is 33.0. The number of allylic oxidation sites excluding steroid dienone is 3. The molecule has 0 radical (unpaired) electrons. The van der Waals surface area contributed by atoms with Crippen LogP contribution in [-0.4, -0.2) is 32.3 Å². The number of rotatable bonds is 2. The molecule has 6 aromatic rings. The third-order valence-corrected chi connectivity index (χ3v) is 10.5. The first-order chi connectivity index (χ1) is 23.3. The van der Waals surface area contributed by atoms with Crippen LogP contribution in [-0.2, 0) is 12.8 Å². The van der Waals surface area contributed by atoms with Crippen molar-refractivity contribution < 1.29 is 5.11 Å². The Hall–Kier alpha value is -6.31. The summed E-state index contributed by atoms with van der Waals surface area (Å²) >= 11 is 0. The van der Waals surface area contributed by atoms with Gasteiger partial charge < -0.3 is 21.5 Å². The number of aliphatic hydroxyl groups excluding tert-OH is 1. The van der Waals surface area contributed by atoms with Gasteiger partial charge in [-0.1, -0.05) is 60.7 Å². The molecule has 1 aliphatic carbocycles. The molecule has 7 heteroatoms. The lowest BCUT2D eigenvalue weighted by Gasteiger charge is -2.32. The lowest BCUT2D eigenvalue weighted by atomic mass is 9.73. The van der Waals surface area contributed by atoms with E-state index in [0.29, 0.717) is 33.7 Å². The van der Waals surface area contributed by atoms with E-state index in [0.717, 1.165) is 69.2 Å². The van der Waals surface area contributed by atoms with Crippen molar-refractivity contribution in [1.82, 2.24) is 4.58 Å². The number of benzene rings is 6. The lowest BCUT2D eigenvalue weighted by molar-refractivity contribution is 0.434. The largest absolute Gasteiger partial charge is 0.507 e. The van der Waals surface area contributed by atoms with Gasteiger partial charge in [0.05, 0.1) is 29.1 Å². The van der Waals surface area contributed by atoms with Crippen LogP contribution >= 0.6 is 0 Å². The summed E-state index contributed by atoms with van der Waals surface area (Å²) in [5.74, 6) is 0.0326. The maximum atomic E-state index is 12.5. The fourth-order valence-corrected chi connectivity index (χ4v) is 8.67. The van der Waals surface area contributed by atoms with Crippen molar-refractivity contribution in [2.24, 2.45) is 0 Å². The summed E-state index contributed by atoms with van der Waals surface area (Å²) in [6.45, 7) is 10.1. The van der Waals surface area contributed by atoms with E-state index in [2.05, 4.69) is 51.9 Å². The van der Waals surface area contributed by atoms with E-state index in [-0.39, 0.29) is 11.5 Å². The van der Waals surface area contributed by atoms with Gasteiger partial charge in [-0.3, -0.25) is 0 Å². The second kappa shape index (κ2) is 9.84. The quantitative estimate of drug-likeness (QED) is 0.0726. The van der Waals surface area contributed by atoms with Crippen LogP contribution in [0, 0.1) is 17.9 Å². The highest BCUT2D eigenvalue weighted by atomic mass is 16.3.